The minimum Gasteiger partial charge on any atom is -0.351 e. The minimum atomic E-state index is -0.932. The van der Waals surface area contributed by atoms with E-state index in [1.54, 1.807) is 9.58 Å². The van der Waals surface area contributed by atoms with Crippen molar-refractivity contribution in [1.29, 1.82) is 0 Å². The second kappa shape index (κ2) is 12.5. The number of nitrogens with one attached hydrogen (secondary N) is 1. The van der Waals surface area contributed by atoms with Gasteiger partial charge in [0, 0.05) is 45.7 Å². The number of amides is 3. The molecule has 220 valence electrons. The lowest BCUT2D eigenvalue weighted by atomic mass is 9.96. The van der Waals surface area contributed by atoms with Crippen LogP contribution in [0, 0.1) is 17.6 Å². The van der Waals surface area contributed by atoms with Crippen LogP contribution in [0.2, 0.25) is 0 Å². The summed E-state index contributed by atoms with van der Waals surface area (Å²) in [7, 11) is 1.85. The number of likely N-dealkylation sites (tertiary alicyclic amines) is 2. The third-order valence-corrected chi connectivity index (χ3v) is 8.35. The molecule has 12 heteroatoms. The molecule has 0 saturated carbocycles. The van der Waals surface area contributed by atoms with Gasteiger partial charge in [-0.15, -0.1) is 5.10 Å². The largest absolute Gasteiger partial charge is 0.351 e. The van der Waals surface area contributed by atoms with Crippen LogP contribution in [-0.2, 0) is 34.3 Å². The highest BCUT2D eigenvalue weighted by Crippen LogP contribution is 2.29. The fraction of sp³-hybridized carbons (Fsp3) is 0.552. The predicted octanol–water partition coefficient (Wildman–Crippen LogP) is 1.73. The molecule has 1 aliphatic carbocycles. The van der Waals surface area contributed by atoms with Crippen LogP contribution in [0.4, 0.5) is 8.78 Å². The van der Waals surface area contributed by atoms with Crippen molar-refractivity contribution in [3.8, 4) is 0 Å². The molecule has 3 unspecified atom stereocenters. The van der Waals surface area contributed by atoms with Crippen LogP contribution in [0.3, 0.4) is 0 Å². The molecule has 0 spiro atoms. The van der Waals surface area contributed by atoms with Crippen molar-refractivity contribution in [1.82, 2.24) is 30.1 Å². The number of halogens is 2. The average Bonchev–Trinajstić information content (AvgIpc) is 3.70. The van der Waals surface area contributed by atoms with Crippen LogP contribution in [0.1, 0.15) is 55.5 Å². The Morgan fingerprint density at radius 3 is 2.59 bits per heavy atom. The Balaban J connectivity index is 1.25. The molecule has 41 heavy (non-hydrogen) atoms. The summed E-state index contributed by atoms with van der Waals surface area (Å²) < 4.78 is 29.4. The normalized spacial score (nSPS) is 21.0. The van der Waals surface area contributed by atoms with Gasteiger partial charge in [-0.2, -0.15) is 0 Å². The molecule has 5 rings (SSSR count). The van der Waals surface area contributed by atoms with Gasteiger partial charge in [-0.1, -0.05) is 5.21 Å². The quantitative estimate of drug-likeness (QED) is 0.474. The van der Waals surface area contributed by atoms with Gasteiger partial charge in [0.1, 0.15) is 23.4 Å². The number of carbonyl (C=O) groups excluding carboxylic acids is 3. The average molecular weight is 570 g/mol. The third kappa shape index (κ3) is 6.80. The molecule has 2 aliphatic heterocycles. The van der Waals surface area contributed by atoms with Crippen LogP contribution in [0.25, 0.3) is 6.08 Å². The molecule has 2 saturated heterocycles. The van der Waals surface area contributed by atoms with Crippen LogP contribution < -0.4 is 11.1 Å². The lowest BCUT2D eigenvalue weighted by molar-refractivity contribution is -0.139. The van der Waals surface area contributed by atoms with E-state index in [1.807, 2.05) is 13.1 Å². The first-order valence-electron chi connectivity index (χ1n) is 14.3. The number of hydrogen-bond acceptors (Lipinski definition) is 6. The Morgan fingerprint density at radius 2 is 1.85 bits per heavy atom. The highest BCUT2D eigenvalue weighted by Gasteiger charge is 2.41. The fourth-order valence-electron chi connectivity index (χ4n) is 6.16. The van der Waals surface area contributed by atoms with Gasteiger partial charge >= 0.3 is 0 Å². The molecule has 3 aliphatic rings. The number of carbonyl (C=O) groups is 3. The predicted molar refractivity (Wildman–Crippen MR) is 147 cm³/mol. The standard InChI is InChI=1S/C29H37F2N7O3/c1-36-25-6-4-18(13-24(25)34-35-36)16-33-28(40)26-14-20(10-19-11-21(30)15-22(31)12-19)17-38(26)29(41)23(32)5-7-27(39)37-8-2-3-9-37/h11-13,15,20,23,26H,2-10,14,16-17,32H2,1H3,(H,33,40). The summed E-state index contributed by atoms with van der Waals surface area (Å²) in [6.45, 7) is 2.00. The summed E-state index contributed by atoms with van der Waals surface area (Å²) in [4.78, 5) is 42.7. The zero-order valence-electron chi connectivity index (χ0n) is 23.3. The summed E-state index contributed by atoms with van der Waals surface area (Å²) in [6.07, 6.45) is 6.42. The number of nitrogens with two attached hydrogens (primary N) is 1. The van der Waals surface area contributed by atoms with Crippen molar-refractivity contribution in [2.24, 2.45) is 18.7 Å². The highest BCUT2D eigenvalue weighted by molar-refractivity contribution is 5.91. The number of benzene rings is 1. The minimum absolute atomic E-state index is 0.0144. The molecule has 1 aromatic carbocycles. The first-order chi connectivity index (χ1) is 19.7. The summed E-state index contributed by atoms with van der Waals surface area (Å²) in [6, 6.07) is 1.65. The van der Waals surface area contributed by atoms with Crippen molar-refractivity contribution >= 4 is 23.8 Å². The Bertz CT molecular complexity index is 1320. The topological polar surface area (TPSA) is 126 Å². The van der Waals surface area contributed by atoms with E-state index in [4.69, 9.17) is 5.73 Å². The van der Waals surface area contributed by atoms with Crippen LogP contribution >= 0.6 is 0 Å². The van der Waals surface area contributed by atoms with E-state index in [9.17, 15) is 23.2 Å². The van der Waals surface area contributed by atoms with E-state index >= 15 is 0 Å². The second-order valence-corrected chi connectivity index (χ2v) is 11.4. The molecular formula is C29H37F2N7O3. The Labute approximate surface area is 237 Å². The van der Waals surface area contributed by atoms with Crippen molar-refractivity contribution in [3.05, 3.63) is 52.4 Å². The SMILES string of the molecule is Cn1nnc2c1CCC(CNC(=O)C1CC(Cc3cc(F)cc(F)c3)CN1C(=O)C(N)CCC(=O)N1CCCC1)=C2. The fourth-order valence-corrected chi connectivity index (χ4v) is 6.16. The van der Waals surface area contributed by atoms with Gasteiger partial charge < -0.3 is 20.9 Å². The highest BCUT2D eigenvalue weighted by atomic mass is 19.1. The maximum atomic E-state index is 13.8. The lowest BCUT2D eigenvalue weighted by Gasteiger charge is -2.27. The molecule has 1 aromatic heterocycles. The van der Waals surface area contributed by atoms with Gasteiger partial charge in [0.05, 0.1) is 11.7 Å². The first-order valence-corrected chi connectivity index (χ1v) is 14.3. The number of hydrogen-bond donors (Lipinski definition) is 2. The first kappa shape index (κ1) is 28.8. The number of rotatable bonds is 9. The molecule has 0 radical (unpaired) electrons. The Morgan fingerprint density at radius 1 is 1.12 bits per heavy atom. The number of aromatic nitrogens is 3. The van der Waals surface area contributed by atoms with Gasteiger partial charge in [-0.3, -0.25) is 19.1 Å². The van der Waals surface area contributed by atoms with Crippen molar-refractivity contribution < 1.29 is 23.2 Å². The van der Waals surface area contributed by atoms with Gasteiger partial charge in [-0.05, 0) is 80.2 Å². The zero-order chi connectivity index (χ0) is 29.1. The summed E-state index contributed by atoms with van der Waals surface area (Å²) in [5.74, 6) is -2.25. The molecular weight excluding hydrogens is 532 g/mol. The van der Waals surface area contributed by atoms with E-state index in [0.29, 0.717) is 24.9 Å². The van der Waals surface area contributed by atoms with Crippen molar-refractivity contribution in [2.75, 3.05) is 26.2 Å². The molecule has 10 nitrogen and oxygen atoms in total. The van der Waals surface area contributed by atoms with Crippen molar-refractivity contribution in [3.63, 3.8) is 0 Å². The van der Waals surface area contributed by atoms with E-state index in [0.717, 1.165) is 61.8 Å². The van der Waals surface area contributed by atoms with Gasteiger partial charge in [0.15, 0.2) is 0 Å². The van der Waals surface area contributed by atoms with Gasteiger partial charge in [-0.25, -0.2) is 8.78 Å². The Kier molecular flexibility index (Phi) is 8.77. The summed E-state index contributed by atoms with van der Waals surface area (Å²) in [5.41, 5.74) is 9.57. The zero-order valence-corrected chi connectivity index (χ0v) is 23.3. The smallest absolute Gasteiger partial charge is 0.243 e. The Hall–Kier alpha value is -3.67. The molecule has 3 amide bonds. The number of nitrogens with zero attached hydrogens (tertiary/aromatic N) is 5. The van der Waals surface area contributed by atoms with Gasteiger partial charge in [0.2, 0.25) is 17.7 Å². The summed E-state index contributed by atoms with van der Waals surface area (Å²) >= 11 is 0. The molecule has 3 heterocycles. The van der Waals surface area contributed by atoms with Crippen LogP contribution in [-0.4, -0.2) is 80.8 Å². The number of aryl methyl sites for hydroxylation is 1. The van der Waals surface area contributed by atoms with E-state index in [-0.39, 0.29) is 37.1 Å². The third-order valence-electron chi connectivity index (χ3n) is 8.35. The van der Waals surface area contributed by atoms with E-state index < -0.39 is 29.6 Å². The second-order valence-electron chi connectivity index (χ2n) is 11.4. The number of fused-ring (bicyclic) bond motifs is 1. The maximum absolute atomic E-state index is 13.8. The van der Waals surface area contributed by atoms with E-state index in [1.165, 1.54) is 17.0 Å². The molecule has 2 aromatic rings. The van der Waals surface area contributed by atoms with Crippen LogP contribution in [0.5, 0.6) is 0 Å². The molecule has 3 N–H and O–H groups in total. The monoisotopic (exact) mass is 569 g/mol. The maximum Gasteiger partial charge on any atom is 0.243 e. The van der Waals surface area contributed by atoms with E-state index in [2.05, 4.69) is 15.6 Å². The lowest BCUT2D eigenvalue weighted by Crippen LogP contribution is -2.51. The van der Waals surface area contributed by atoms with Crippen LogP contribution in [0.15, 0.2) is 23.8 Å². The molecule has 2 fully saturated rings. The van der Waals surface area contributed by atoms with Crippen molar-refractivity contribution in [2.45, 2.75) is 63.5 Å². The summed E-state index contributed by atoms with van der Waals surface area (Å²) in [5, 5.41) is 11.2. The molecule has 0 bridgehead atoms. The van der Waals surface area contributed by atoms with Gasteiger partial charge in [0.25, 0.3) is 0 Å². The molecule has 3 atom stereocenters.